The van der Waals surface area contributed by atoms with Gasteiger partial charge in [-0.1, -0.05) is 18.2 Å². The van der Waals surface area contributed by atoms with Crippen molar-refractivity contribution in [3.63, 3.8) is 0 Å². The maximum atomic E-state index is 12.8. The van der Waals surface area contributed by atoms with Gasteiger partial charge in [-0.2, -0.15) is 0 Å². The first-order valence-electron chi connectivity index (χ1n) is 9.42. The monoisotopic (exact) mass is 368 g/mol. The van der Waals surface area contributed by atoms with Gasteiger partial charge in [0.15, 0.2) is 11.5 Å². The van der Waals surface area contributed by atoms with Gasteiger partial charge in [-0.25, -0.2) is 4.98 Å². The number of ether oxygens (including phenoxy) is 3. The smallest absolute Gasteiger partial charge is 0.267 e. The third-order valence-corrected chi connectivity index (χ3v) is 5.13. The summed E-state index contributed by atoms with van der Waals surface area (Å²) in [4.78, 5) is 18.9. The standard InChI is InChI=1S/C21H24N2O4/c1-15-5-4-10-22-20(15)26-13-16-8-11-23(12-9-16)21(24)19-14-25-17-6-2-3-7-18(17)27-19/h2-7,10,16,19H,8-9,11-14H2,1H3. The van der Waals surface area contributed by atoms with Crippen LogP contribution in [0.15, 0.2) is 42.6 Å². The number of aryl methyl sites for hydroxylation is 1. The zero-order chi connectivity index (χ0) is 18.6. The Hall–Kier alpha value is -2.76. The summed E-state index contributed by atoms with van der Waals surface area (Å²) in [7, 11) is 0. The van der Waals surface area contributed by atoms with Crippen molar-refractivity contribution >= 4 is 5.91 Å². The first kappa shape index (κ1) is 17.6. The van der Waals surface area contributed by atoms with E-state index in [0.717, 1.165) is 31.5 Å². The second-order valence-electron chi connectivity index (χ2n) is 7.07. The zero-order valence-electron chi connectivity index (χ0n) is 15.5. The van der Waals surface area contributed by atoms with E-state index in [1.165, 1.54) is 0 Å². The molecule has 6 nitrogen and oxygen atoms in total. The average Bonchev–Trinajstić information content (AvgIpc) is 2.73. The fourth-order valence-corrected chi connectivity index (χ4v) is 3.48. The highest BCUT2D eigenvalue weighted by Gasteiger charge is 2.33. The molecule has 142 valence electrons. The number of carbonyl (C=O) groups excluding carboxylic acids is 1. The predicted octanol–water partition coefficient (Wildman–Crippen LogP) is 2.85. The molecule has 1 atom stereocenters. The van der Waals surface area contributed by atoms with E-state index in [0.29, 0.717) is 29.9 Å². The van der Waals surface area contributed by atoms with Crippen LogP contribution in [0.5, 0.6) is 17.4 Å². The van der Waals surface area contributed by atoms with Crippen molar-refractivity contribution in [2.24, 2.45) is 5.92 Å². The molecule has 1 aromatic heterocycles. The molecule has 0 spiro atoms. The number of piperidine rings is 1. The van der Waals surface area contributed by atoms with Crippen LogP contribution in [0.4, 0.5) is 0 Å². The van der Waals surface area contributed by atoms with E-state index in [2.05, 4.69) is 4.98 Å². The number of benzene rings is 1. The van der Waals surface area contributed by atoms with Crippen LogP contribution < -0.4 is 14.2 Å². The lowest BCUT2D eigenvalue weighted by Gasteiger charge is -2.35. The summed E-state index contributed by atoms with van der Waals surface area (Å²) < 4.78 is 17.4. The minimum absolute atomic E-state index is 0.00411. The van der Waals surface area contributed by atoms with Crippen molar-refractivity contribution in [3.05, 3.63) is 48.2 Å². The highest BCUT2D eigenvalue weighted by molar-refractivity contribution is 5.82. The van der Waals surface area contributed by atoms with Gasteiger partial charge in [0.25, 0.3) is 5.91 Å². The van der Waals surface area contributed by atoms with E-state index < -0.39 is 6.10 Å². The number of fused-ring (bicyclic) bond motifs is 1. The van der Waals surface area contributed by atoms with Crippen LogP contribution in [0.2, 0.25) is 0 Å². The second kappa shape index (κ2) is 7.86. The maximum absolute atomic E-state index is 12.8. The van der Waals surface area contributed by atoms with Crippen LogP contribution in [0.1, 0.15) is 18.4 Å². The Labute approximate surface area is 159 Å². The van der Waals surface area contributed by atoms with Gasteiger partial charge in [0, 0.05) is 24.8 Å². The van der Waals surface area contributed by atoms with E-state index in [9.17, 15) is 4.79 Å². The number of nitrogens with zero attached hydrogens (tertiary/aromatic N) is 2. The van der Waals surface area contributed by atoms with Gasteiger partial charge in [0.2, 0.25) is 12.0 Å². The molecule has 3 heterocycles. The fraction of sp³-hybridized carbons (Fsp3) is 0.429. The highest BCUT2D eigenvalue weighted by Crippen LogP contribution is 2.31. The summed E-state index contributed by atoms with van der Waals surface area (Å²) in [5.41, 5.74) is 1.04. The lowest BCUT2D eigenvalue weighted by atomic mass is 9.97. The van der Waals surface area contributed by atoms with Crippen LogP contribution in [-0.4, -0.2) is 48.2 Å². The van der Waals surface area contributed by atoms with Gasteiger partial charge in [0.05, 0.1) is 6.61 Å². The Kier molecular flexibility index (Phi) is 5.14. The second-order valence-corrected chi connectivity index (χ2v) is 7.07. The SMILES string of the molecule is Cc1cccnc1OCC1CCN(C(=O)C2COc3ccccc3O2)CC1. The molecule has 1 aromatic carbocycles. The average molecular weight is 368 g/mol. The van der Waals surface area contributed by atoms with Crippen LogP contribution in [0, 0.1) is 12.8 Å². The largest absolute Gasteiger partial charge is 0.485 e. The number of para-hydroxylation sites is 2. The van der Waals surface area contributed by atoms with Crippen molar-refractivity contribution in [2.75, 3.05) is 26.3 Å². The molecule has 0 bridgehead atoms. The number of amides is 1. The summed E-state index contributed by atoms with van der Waals surface area (Å²) in [5, 5.41) is 0. The normalized spacial score (nSPS) is 19.6. The van der Waals surface area contributed by atoms with Crippen LogP contribution >= 0.6 is 0 Å². The molecular formula is C21H24N2O4. The highest BCUT2D eigenvalue weighted by atomic mass is 16.6. The van der Waals surface area contributed by atoms with E-state index in [1.54, 1.807) is 6.20 Å². The number of pyridine rings is 1. The zero-order valence-corrected chi connectivity index (χ0v) is 15.5. The van der Waals surface area contributed by atoms with Crippen molar-refractivity contribution in [2.45, 2.75) is 25.9 Å². The van der Waals surface area contributed by atoms with E-state index in [4.69, 9.17) is 14.2 Å². The Morgan fingerprint density at radius 3 is 2.74 bits per heavy atom. The minimum atomic E-state index is -0.566. The molecule has 2 aliphatic heterocycles. The van der Waals surface area contributed by atoms with Crippen LogP contribution in [-0.2, 0) is 4.79 Å². The molecule has 6 heteroatoms. The Balaban J connectivity index is 1.27. The number of rotatable bonds is 4. The Bertz CT molecular complexity index is 802. The molecule has 1 saturated heterocycles. The predicted molar refractivity (Wildman–Crippen MR) is 100 cm³/mol. The maximum Gasteiger partial charge on any atom is 0.267 e. The lowest BCUT2D eigenvalue weighted by Crippen LogP contribution is -2.49. The molecular weight excluding hydrogens is 344 g/mol. The summed E-state index contributed by atoms with van der Waals surface area (Å²) >= 11 is 0. The molecule has 2 aromatic rings. The first-order valence-corrected chi connectivity index (χ1v) is 9.42. The molecule has 0 saturated carbocycles. The first-order chi connectivity index (χ1) is 13.2. The van der Waals surface area contributed by atoms with Crippen molar-refractivity contribution in [1.82, 2.24) is 9.88 Å². The van der Waals surface area contributed by atoms with Crippen molar-refractivity contribution in [1.29, 1.82) is 0 Å². The lowest BCUT2D eigenvalue weighted by molar-refractivity contribution is -0.142. The summed E-state index contributed by atoms with van der Waals surface area (Å²) in [6.07, 6.45) is 3.02. The van der Waals surface area contributed by atoms with Gasteiger partial charge in [-0.05, 0) is 43.9 Å². The van der Waals surface area contributed by atoms with Crippen LogP contribution in [0.25, 0.3) is 0 Å². The van der Waals surface area contributed by atoms with Gasteiger partial charge >= 0.3 is 0 Å². The summed E-state index contributed by atoms with van der Waals surface area (Å²) in [6.45, 7) is 4.33. The van der Waals surface area contributed by atoms with Crippen LogP contribution in [0.3, 0.4) is 0 Å². The van der Waals surface area contributed by atoms with E-state index >= 15 is 0 Å². The third-order valence-electron chi connectivity index (χ3n) is 5.13. The molecule has 27 heavy (non-hydrogen) atoms. The third kappa shape index (κ3) is 3.99. The summed E-state index contributed by atoms with van der Waals surface area (Å²) in [5.74, 6) is 2.46. The number of carbonyl (C=O) groups is 1. The molecule has 0 aliphatic carbocycles. The number of aromatic nitrogens is 1. The number of likely N-dealkylation sites (tertiary alicyclic amines) is 1. The van der Waals surface area contributed by atoms with Gasteiger partial charge in [0.1, 0.15) is 6.61 Å². The number of hydrogen-bond acceptors (Lipinski definition) is 5. The fourth-order valence-electron chi connectivity index (χ4n) is 3.48. The van der Waals surface area contributed by atoms with Gasteiger partial charge < -0.3 is 19.1 Å². The molecule has 0 N–H and O–H groups in total. The quantitative estimate of drug-likeness (QED) is 0.830. The topological polar surface area (TPSA) is 60.9 Å². The van der Waals surface area contributed by atoms with E-state index in [1.807, 2.05) is 48.2 Å². The molecule has 1 amide bonds. The van der Waals surface area contributed by atoms with Gasteiger partial charge in [-0.15, -0.1) is 0 Å². The molecule has 0 radical (unpaired) electrons. The van der Waals surface area contributed by atoms with E-state index in [-0.39, 0.29) is 12.5 Å². The molecule has 2 aliphatic rings. The molecule has 1 fully saturated rings. The molecule has 4 rings (SSSR count). The minimum Gasteiger partial charge on any atom is -0.485 e. The van der Waals surface area contributed by atoms with Crippen molar-refractivity contribution < 1.29 is 19.0 Å². The Morgan fingerprint density at radius 2 is 1.96 bits per heavy atom. The Morgan fingerprint density at radius 1 is 1.19 bits per heavy atom. The summed E-state index contributed by atoms with van der Waals surface area (Å²) in [6, 6.07) is 11.4. The van der Waals surface area contributed by atoms with Gasteiger partial charge in [-0.3, -0.25) is 4.79 Å². The molecule has 1 unspecified atom stereocenters. The number of hydrogen-bond donors (Lipinski definition) is 0. The van der Waals surface area contributed by atoms with Crippen molar-refractivity contribution in [3.8, 4) is 17.4 Å².